The summed E-state index contributed by atoms with van der Waals surface area (Å²) in [6, 6.07) is 6.41. The minimum absolute atomic E-state index is 0.206. The third-order valence-corrected chi connectivity index (χ3v) is 4.49. The number of benzene rings is 1. The molecule has 0 bridgehead atoms. The number of unbranched alkanes of at least 4 members (excludes halogenated alkanes) is 1. The molecule has 0 saturated carbocycles. The molecule has 0 aliphatic rings. The SMILES string of the molecule is C#CCCCn1cnc(=N)c2[nH]c(Sc3cc(C)cc(C)c3)nc21. The molecule has 3 aromatic rings. The maximum absolute atomic E-state index is 8.00. The Hall–Kier alpha value is -2.52. The van der Waals surface area contributed by atoms with Crippen LogP contribution in [0.1, 0.15) is 24.0 Å². The van der Waals surface area contributed by atoms with Gasteiger partial charge in [-0.1, -0.05) is 17.8 Å². The number of aryl methyl sites for hydroxylation is 3. The van der Waals surface area contributed by atoms with Gasteiger partial charge in [0.1, 0.15) is 5.52 Å². The Morgan fingerprint density at radius 1 is 1.29 bits per heavy atom. The van der Waals surface area contributed by atoms with Crippen molar-refractivity contribution in [2.45, 2.75) is 43.3 Å². The molecule has 24 heavy (non-hydrogen) atoms. The lowest BCUT2D eigenvalue weighted by Gasteiger charge is -2.04. The Kier molecular flexibility index (Phi) is 4.72. The zero-order chi connectivity index (χ0) is 17.1. The average Bonchev–Trinajstić information content (AvgIpc) is 2.93. The fourth-order valence-electron chi connectivity index (χ4n) is 2.63. The second-order valence-electron chi connectivity index (χ2n) is 5.76. The van der Waals surface area contributed by atoms with E-state index in [1.165, 1.54) is 11.1 Å². The highest BCUT2D eigenvalue weighted by atomic mass is 32.2. The summed E-state index contributed by atoms with van der Waals surface area (Å²) < 4.78 is 1.95. The van der Waals surface area contributed by atoms with Crippen molar-refractivity contribution in [3.05, 3.63) is 41.1 Å². The minimum atomic E-state index is 0.206. The normalized spacial score (nSPS) is 10.9. The second kappa shape index (κ2) is 6.93. The number of hydrogen-bond donors (Lipinski definition) is 2. The van der Waals surface area contributed by atoms with Crippen LogP contribution in [0.15, 0.2) is 34.6 Å². The van der Waals surface area contributed by atoms with Crippen molar-refractivity contribution in [2.24, 2.45) is 0 Å². The maximum Gasteiger partial charge on any atom is 0.173 e. The van der Waals surface area contributed by atoms with E-state index in [0.717, 1.165) is 28.7 Å². The van der Waals surface area contributed by atoms with E-state index in [1.807, 2.05) is 4.57 Å². The maximum atomic E-state index is 8.00. The lowest BCUT2D eigenvalue weighted by Crippen LogP contribution is -2.12. The zero-order valence-electron chi connectivity index (χ0n) is 13.8. The standard InChI is InChI=1S/C18H19N5S/c1-4-5-6-7-23-11-20-16(19)15-17(23)22-18(21-15)24-14-9-12(2)8-13(3)10-14/h1,8-11,19H,5-7H2,2-3H3,(H,21,22). The predicted octanol–water partition coefficient (Wildman–Crippen LogP) is 3.42. The van der Waals surface area contributed by atoms with E-state index >= 15 is 0 Å². The second-order valence-corrected chi connectivity index (χ2v) is 6.82. The molecular formula is C18H19N5S. The van der Waals surface area contributed by atoms with Crippen molar-refractivity contribution >= 4 is 22.9 Å². The highest BCUT2D eigenvalue weighted by Gasteiger charge is 2.10. The number of nitrogens with zero attached hydrogens (tertiary/aromatic N) is 3. The highest BCUT2D eigenvalue weighted by molar-refractivity contribution is 7.99. The number of aromatic amines is 1. The molecule has 1 aromatic carbocycles. The third kappa shape index (κ3) is 3.52. The van der Waals surface area contributed by atoms with E-state index < -0.39 is 0 Å². The molecule has 0 saturated heterocycles. The van der Waals surface area contributed by atoms with Crippen LogP contribution in [0, 0.1) is 31.6 Å². The summed E-state index contributed by atoms with van der Waals surface area (Å²) in [6.07, 6.45) is 8.55. The first-order chi connectivity index (χ1) is 11.6. The van der Waals surface area contributed by atoms with Gasteiger partial charge in [-0.3, -0.25) is 5.41 Å². The first kappa shape index (κ1) is 16.3. The molecule has 0 radical (unpaired) electrons. The minimum Gasteiger partial charge on any atom is -0.328 e. The van der Waals surface area contributed by atoms with Crippen LogP contribution in [0.3, 0.4) is 0 Å². The van der Waals surface area contributed by atoms with Crippen molar-refractivity contribution in [3.63, 3.8) is 0 Å². The molecule has 5 nitrogen and oxygen atoms in total. The Balaban J connectivity index is 1.95. The molecule has 6 heteroatoms. The van der Waals surface area contributed by atoms with Crippen LogP contribution in [0.5, 0.6) is 0 Å². The summed E-state index contributed by atoms with van der Waals surface area (Å²) >= 11 is 1.56. The number of aromatic nitrogens is 4. The van der Waals surface area contributed by atoms with Gasteiger partial charge < -0.3 is 9.55 Å². The Morgan fingerprint density at radius 2 is 2.04 bits per heavy atom. The quantitative estimate of drug-likeness (QED) is 0.553. The van der Waals surface area contributed by atoms with E-state index in [2.05, 4.69) is 52.9 Å². The summed E-state index contributed by atoms with van der Waals surface area (Å²) in [4.78, 5) is 13.1. The molecule has 0 spiro atoms. The van der Waals surface area contributed by atoms with Crippen LogP contribution in [0.4, 0.5) is 0 Å². The molecule has 0 unspecified atom stereocenters. The van der Waals surface area contributed by atoms with E-state index in [1.54, 1.807) is 18.1 Å². The highest BCUT2D eigenvalue weighted by Crippen LogP contribution is 2.28. The van der Waals surface area contributed by atoms with Gasteiger partial charge >= 0.3 is 0 Å². The van der Waals surface area contributed by atoms with Crippen molar-refractivity contribution in [1.29, 1.82) is 5.41 Å². The number of H-pyrrole nitrogens is 1. The molecule has 0 atom stereocenters. The Labute approximate surface area is 145 Å². The molecule has 3 rings (SSSR count). The van der Waals surface area contributed by atoms with Gasteiger partial charge in [0.15, 0.2) is 16.3 Å². The summed E-state index contributed by atoms with van der Waals surface area (Å²) in [5, 5.41) is 8.76. The van der Waals surface area contributed by atoms with Gasteiger partial charge in [0.2, 0.25) is 0 Å². The lowest BCUT2D eigenvalue weighted by atomic mass is 10.2. The van der Waals surface area contributed by atoms with Gasteiger partial charge in [0.05, 0.1) is 6.33 Å². The van der Waals surface area contributed by atoms with Crippen LogP contribution in [0.25, 0.3) is 11.2 Å². The smallest absolute Gasteiger partial charge is 0.173 e. The lowest BCUT2D eigenvalue weighted by molar-refractivity contribution is 0.653. The molecule has 2 heterocycles. The monoisotopic (exact) mass is 337 g/mol. The van der Waals surface area contributed by atoms with E-state index in [0.29, 0.717) is 11.9 Å². The molecule has 0 amide bonds. The van der Waals surface area contributed by atoms with Gasteiger partial charge in [0.25, 0.3) is 0 Å². The van der Waals surface area contributed by atoms with E-state index in [-0.39, 0.29) is 5.49 Å². The molecule has 2 N–H and O–H groups in total. The Bertz CT molecular complexity index is 957. The van der Waals surface area contributed by atoms with Crippen LogP contribution in [0.2, 0.25) is 0 Å². The summed E-state index contributed by atoms with van der Waals surface area (Å²) in [7, 11) is 0. The molecule has 0 aliphatic carbocycles. The van der Waals surface area contributed by atoms with E-state index in [9.17, 15) is 0 Å². The average molecular weight is 337 g/mol. The number of imidazole rings is 1. The van der Waals surface area contributed by atoms with Crippen molar-refractivity contribution in [3.8, 4) is 12.3 Å². The van der Waals surface area contributed by atoms with Crippen molar-refractivity contribution < 1.29 is 0 Å². The molecule has 0 aliphatic heterocycles. The fraction of sp³-hybridized carbons (Fsp3) is 0.278. The number of hydrogen-bond acceptors (Lipinski definition) is 4. The largest absolute Gasteiger partial charge is 0.328 e. The molecule has 0 fully saturated rings. The number of fused-ring (bicyclic) bond motifs is 1. The number of nitrogens with one attached hydrogen (secondary N) is 2. The van der Waals surface area contributed by atoms with Crippen LogP contribution in [-0.2, 0) is 6.54 Å². The van der Waals surface area contributed by atoms with Gasteiger partial charge in [-0.25, -0.2) is 9.97 Å². The van der Waals surface area contributed by atoms with Gasteiger partial charge in [-0.2, -0.15) is 0 Å². The van der Waals surface area contributed by atoms with Gasteiger partial charge in [0, 0.05) is 17.9 Å². The summed E-state index contributed by atoms with van der Waals surface area (Å²) in [6.45, 7) is 4.91. The van der Waals surface area contributed by atoms with Crippen LogP contribution >= 0.6 is 11.8 Å². The van der Waals surface area contributed by atoms with Gasteiger partial charge in [-0.15, -0.1) is 12.3 Å². The predicted molar refractivity (Wildman–Crippen MR) is 95.8 cm³/mol. The Morgan fingerprint density at radius 3 is 2.75 bits per heavy atom. The van der Waals surface area contributed by atoms with Crippen molar-refractivity contribution in [1.82, 2.24) is 19.5 Å². The zero-order valence-corrected chi connectivity index (χ0v) is 14.6. The van der Waals surface area contributed by atoms with Crippen molar-refractivity contribution in [2.75, 3.05) is 0 Å². The van der Waals surface area contributed by atoms with Crippen LogP contribution in [-0.4, -0.2) is 19.5 Å². The topological polar surface area (TPSA) is 70.3 Å². The molecule has 122 valence electrons. The van der Waals surface area contributed by atoms with Gasteiger partial charge in [-0.05, 0) is 43.5 Å². The molecule has 2 aromatic heterocycles. The first-order valence-corrected chi connectivity index (χ1v) is 8.58. The molecular weight excluding hydrogens is 318 g/mol. The summed E-state index contributed by atoms with van der Waals surface area (Å²) in [5.41, 5.74) is 4.06. The fourth-order valence-corrected chi connectivity index (χ4v) is 3.63. The summed E-state index contributed by atoms with van der Waals surface area (Å²) in [5.74, 6) is 2.64. The number of terminal acetylenes is 1. The van der Waals surface area contributed by atoms with E-state index in [4.69, 9.17) is 11.8 Å². The first-order valence-electron chi connectivity index (χ1n) is 7.76. The third-order valence-electron chi connectivity index (χ3n) is 3.63. The van der Waals surface area contributed by atoms with Crippen LogP contribution < -0.4 is 5.49 Å². The number of rotatable bonds is 5.